The second-order valence-corrected chi connectivity index (χ2v) is 5.48. The van der Waals surface area contributed by atoms with Crippen molar-refractivity contribution in [2.45, 2.75) is 32.9 Å². The van der Waals surface area contributed by atoms with Crippen LogP contribution in [0.4, 0.5) is 0 Å². The van der Waals surface area contributed by atoms with Gasteiger partial charge in [-0.2, -0.15) is 0 Å². The topological polar surface area (TPSA) is 24.5 Å². The van der Waals surface area contributed by atoms with Gasteiger partial charge in [0, 0.05) is 12.6 Å². The van der Waals surface area contributed by atoms with E-state index in [1.54, 1.807) is 7.11 Å². The minimum absolute atomic E-state index is 0.611. The van der Waals surface area contributed by atoms with Gasteiger partial charge in [-0.1, -0.05) is 17.7 Å². The molecule has 4 heteroatoms. The van der Waals surface area contributed by atoms with Crippen molar-refractivity contribution in [2.24, 2.45) is 0 Å². The van der Waals surface area contributed by atoms with Crippen LogP contribution < -0.4 is 10.1 Å². The van der Waals surface area contributed by atoms with Crippen LogP contribution in [0.5, 0.6) is 5.75 Å². The standard InChI is InChI=1S/C15H25ClN2O/c1-12(2)18(3)9-5-8-17-11-13-6-7-15(19-4)14(16)10-13/h6-7,10,12,17H,5,8-9,11H2,1-4H3. The van der Waals surface area contributed by atoms with Gasteiger partial charge in [-0.25, -0.2) is 0 Å². The summed E-state index contributed by atoms with van der Waals surface area (Å²) in [5, 5.41) is 4.10. The molecule has 0 spiro atoms. The lowest BCUT2D eigenvalue weighted by Gasteiger charge is -2.20. The Morgan fingerprint density at radius 2 is 2.11 bits per heavy atom. The van der Waals surface area contributed by atoms with Gasteiger partial charge in [-0.15, -0.1) is 0 Å². The van der Waals surface area contributed by atoms with E-state index in [4.69, 9.17) is 16.3 Å². The minimum atomic E-state index is 0.611. The third-order valence-electron chi connectivity index (χ3n) is 3.29. The van der Waals surface area contributed by atoms with Crippen LogP contribution in [0.15, 0.2) is 18.2 Å². The number of nitrogens with zero attached hydrogens (tertiary/aromatic N) is 1. The number of nitrogens with one attached hydrogen (secondary N) is 1. The largest absolute Gasteiger partial charge is 0.495 e. The fourth-order valence-electron chi connectivity index (χ4n) is 1.76. The quantitative estimate of drug-likeness (QED) is 0.742. The van der Waals surface area contributed by atoms with Gasteiger partial charge in [0.1, 0.15) is 5.75 Å². The summed E-state index contributed by atoms with van der Waals surface area (Å²) in [6.45, 7) is 7.41. The van der Waals surface area contributed by atoms with E-state index in [0.29, 0.717) is 11.1 Å². The second-order valence-electron chi connectivity index (χ2n) is 5.07. The van der Waals surface area contributed by atoms with E-state index in [-0.39, 0.29) is 0 Å². The molecule has 0 heterocycles. The first kappa shape index (κ1) is 16.3. The zero-order valence-electron chi connectivity index (χ0n) is 12.4. The van der Waals surface area contributed by atoms with Gasteiger partial charge in [0.25, 0.3) is 0 Å². The van der Waals surface area contributed by atoms with Gasteiger partial charge >= 0.3 is 0 Å². The van der Waals surface area contributed by atoms with E-state index in [0.717, 1.165) is 31.8 Å². The molecule has 0 aromatic heterocycles. The van der Waals surface area contributed by atoms with E-state index in [1.807, 2.05) is 18.2 Å². The second kappa shape index (κ2) is 8.41. The zero-order valence-corrected chi connectivity index (χ0v) is 13.1. The maximum absolute atomic E-state index is 6.09. The lowest BCUT2D eigenvalue weighted by molar-refractivity contribution is 0.269. The van der Waals surface area contributed by atoms with Gasteiger partial charge in [0.2, 0.25) is 0 Å². The summed E-state index contributed by atoms with van der Waals surface area (Å²) in [5.74, 6) is 0.726. The van der Waals surface area contributed by atoms with Crippen LogP contribution in [0.25, 0.3) is 0 Å². The van der Waals surface area contributed by atoms with Crippen LogP contribution in [-0.4, -0.2) is 38.2 Å². The van der Waals surface area contributed by atoms with E-state index < -0.39 is 0 Å². The summed E-state index contributed by atoms with van der Waals surface area (Å²) in [7, 11) is 3.79. The molecule has 0 bridgehead atoms. The van der Waals surface area contributed by atoms with Gasteiger partial charge in [0.05, 0.1) is 12.1 Å². The maximum Gasteiger partial charge on any atom is 0.137 e. The van der Waals surface area contributed by atoms with E-state index in [1.165, 1.54) is 5.56 Å². The highest BCUT2D eigenvalue weighted by molar-refractivity contribution is 6.32. The van der Waals surface area contributed by atoms with Crippen molar-refractivity contribution in [1.29, 1.82) is 0 Å². The van der Waals surface area contributed by atoms with Crippen molar-refractivity contribution in [3.8, 4) is 5.75 Å². The molecule has 0 saturated carbocycles. The van der Waals surface area contributed by atoms with Crippen LogP contribution in [0.1, 0.15) is 25.8 Å². The molecule has 0 aliphatic heterocycles. The number of hydrogen-bond donors (Lipinski definition) is 1. The molecule has 0 unspecified atom stereocenters. The number of methoxy groups -OCH3 is 1. The monoisotopic (exact) mass is 284 g/mol. The molecule has 1 aromatic rings. The Bertz CT molecular complexity index is 382. The summed E-state index contributed by atoms with van der Waals surface area (Å²) in [6.07, 6.45) is 1.15. The smallest absolute Gasteiger partial charge is 0.137 e. The summed E-state index contributed by atoms with van der Waals surface area (Å²) < 4.78 is 5.13. The average Bonchev–Trinajstić information content (AvgIpc) is 2.38. The summed E-state index contributed by atoms with van der Waals surface area (Å²) in [6, 6.07) is 6.51. The molecule has 0 saturated heterocycles. The van der Waals surface area contributed by atoms with Crippen molar-refractivity contribution in [2.75, 3.05) is 27.2 Å². The van der Waals surface area contributed by atoms with E-state index >= 15 is 0 Å². The molecule has 1 rings (SSSR count). The SMILES string of the molecule is COc1ccc(CNCCCN(C)C(C)C)cc1Cl. The summed E-state index contributed by atoms with van der Waals surface area (Å²) >= 11 is 6.09. The molecule has 1 aromatic carbocycles. The van der Waals surface area contributed by atoms with Gasteiger partial charge in [-0.3, -0.25) is 0 Å². The van der Waals surface area contributed by atoms with Gasteiger partial charge in [-0.05, 0) is 58.1 Å². The maximum atomic E-state index is 6.09. The molecule has 108 valence electrons. The highest BCUT2D eigenvalue weighted by Crippen LogP contribution is 2.24. The third-order valence-corrected chi connectivity index (χ3v) is 3.59. The van der Waals surface area contributed by atoms with Crippen molar-refractivity contribution in [3.63, 3.8) is 0 Å². The summed E-state index contributed by atoms with van der Waals surface area (Å²) in [4.78, 5) is 2.35. The fourth-order valence-corrected chi connectivity index (χ4v) is 2.04. The third kappa shape index (κ3) is 5.81. The molecule has 0 radical (unpaired) electrons. The first-order chi connectivity index (χ1) is 9.04. The molecule has 19 heavy (non-hydrogen) atoms. The van der Waals surface area contributed by atoms with Crippen LogP contribution in [0.2, 0.25) is 5.02 Å². The van der Waals surface area contributed by atoms with Crippen LogP contribution >= 0.6 is 11.6 Å². The lowest BCUT2D eigenvalue weighted by Crippen LogP contribution is -2.29. The molecule has 3 nitrogen and oxygen atoms in total. The molecular formula is C15H25ClN2O. The predicted octanol–water partition coefficient (Wildman–Crippen LogP) is 3.17. The number of benzene rings is 1. The molecule has 0 aliphatic carbocycles. The zero-order chi connectivity index (χ0) is 14.3. The van der Waals surface area contributed by atoms with Crippen molar-refractivity contribution >= 4 is 11.6 Å². The number of hydrogen-bond acceptors (Lipinski definition) is 3. The van der Waals surface area contributed by atoms with Crippen molar-refractivity contribution in [3.05, 3.63) is 28.8 Å². The molecular weight excluding hydrogens is 260 g/mol. The minimum Gasteiger partial charge on any atom is -0.495 e. The van der Waals surface area contributed by atoms with Gasteiger partial charge < -0.3 is 15.0 Å². The van der Waals surface area contributed by atoms with E-state index in [2.05, 4.69) is 31.1 Å². The normalized spacial score (nSPS) is 11.3. The molecule has 0 amide bonds. The molecule has 1 N–H and O–H groups in total. The Labute approximate surface area is 121 Å². The van der Waals surface area contributed by atoms with Crippen LogP contribution in [0.3, 0.4) is 0 Å². The lowest BCUT2D eigenvalue weighted by atomic mass is 10.2. The Kier molecular flexibility index (Phi) is 7.21. The Hall–Kier alpha value is -0.770. The van der Waals surface area contributed by atoms with Crippen LogP contribution in [0, 0.1) is 0 Å². The Morgan fingerprint density at radius 3 is 2.68 bits per heavy atom. The van der Waals surface area contributed by atoms with E-state index in [9.17, 15) is 0 Å². The summed E-state index contributed by atoms with van der Waals surface area (Å²) in [5.41, 5.74) is 1.18. The molecule has 0 atom stereocenters. The Balaban J connectivity index is 2.24. The average molecular weight is 285 g/mol. The molecule has 0 aliphatic rings. The number of rotatable bonds is 8. The highest BCUT2D eigenvalue weighted by atomic mass is 35.5. The fraction of sp³-hybridized carbons (Fsp3) is 0.600. The molecule has 0 fully saturated rings. The highest BCUT2D eigenvalue weighted by Gasteiger charge is 2.03. The Morgan fingerprint density at radius 1 is 1.37 bits per heavy atom. The van der Waals surface area contributed by atoms with Gasteiger partial charge in [0.15, 0.2) is 0 Å². The van der Waals surface area contributed by atoms with Crippen molar-refractivity contribution < 1.29 is 4.74 Å². The first-order valence-electron chi connectivity index (χ1n) is 6.78. The predicted molar refractivity (Wildman–Crippen MR) is 82.1 cm³/mol. The number of ether oxygens (including phenoxy) is 1. The first-order valence-corrected chi connectivity index (χ1v) is 7.15. The van der Waals surface area contributed by atoms with Crippen molar-refractivity contribution in [1.82, 2.24) is 10.2 Å². The number of halogens is 1. The van der Waals surface area contributed by atoms with Crippen LogP contribution in [-0.2, 0) is 6.54 Å².